The van der Waals surface area contributed by atoms with Crippen molar-refractivity contribution in [1.29, 1.82) is 0 Å². The number of benzene rings is 3. The van der Waals surface area contributed by atoms with E-state index in [1.165, 1.54) is 0 Å². The highest BCUT2D eigenvalue weighted by atomic mass is 35.5. The average Bonchev–Trinajstić information content (AvgIpc) is 2.84. The molecule has 0 aliphatic heterocycles. The maximum absolute atomic E-state index is 13.8. The molecule has 1 N–H and O–H groups in total. The molecule has 7 heteroatoms. The van der Waals surface area contributed by atoms with Crippen LogP contribution in [0, 0.1) is 0 Å². The molecule has 0 aliphatic carbocycles. The van der Waals surface area contributed by atoms with Crippen LogP contribution < -0.4 is 5.32 Å². The van der Waals surface area contributed by atoms with E-state index in [0.717, 1.165) is 17.5 Å². The summed E-state index contributed by atoms with van der Waals surface area (Å²) in [4.78, 5) is 28.9. The maximum Gasteiger partial charge on any atom is 0.243 e. The Morgan fingerprint density at radius 1 is 0.886 bits per heavy atom. The van der Waals surface area contributed by atoms with Crippen molar-refractivity contribution in [2.75, 3.05) is 0 Å². The first-order valence-corrected chi connectivity index (χ1v) is 12.7. The Morgan fingerprint density at radius 2 is 1.51 bits per heavy atom. The van der Waals surface area contributed by atoms with E-state index < -0.39 is 6.04 Å². The van der Waals surface area contributed by atoms with Crippen molar-refractivity contribution in [3.63, 3.8) is 0 Å². The number of nitrogens with one attached hydrogen (secondary N) is 1. The van der Waals surface area contributed by atoms with E-state index in [0.29, 0.717) is 27.1 Å². The molecule has 0 unspecified atom stereocenters. The van der Waals surface area contributed by atoms with Crippen LogP contribution in [0.2, 0.25) is 15.1 Å². The molecule has 0 aliphatic rings. The van der Waals surface area contributed by atoms with Crippen LogP contribution in [0.25, 0.3) is 0 Å². The van der Waals surface area contributed by atoms with Gasteiger partial charge in [-0.1, -0.05) is 90.3 Å². The molecule has 35 heavy (non-hydrogen) atoms. The average molecular weight is 532 g/mol. The second kappa shape index (κ2) is 13.0. The Kier molecular flexibility index (Phi) is 10.0. The van der Waals surface area contributed by atoms with Gasteiger partial charge in [0.2, 0.25) is 11.8 Å². The lowest BCUT2D eigenvalue weighted by atomic mass is 10.0. The minimum absolute atomic E-state index is 0.0260. The number of carbonyl (C=O) groups is 2. The molecule has 0 heterocycles. The van der Waals surface area contributed by atoms with Gasteiger partial charge in [0.15, 0.2) is 0 Å². The van der Waals surface area contributed by atoms with Crippen LogP contribution in [0.4, 0.5) is 0 Å². The molecule has 0 fully saturated rings. The Balaban J connectivity index is 2.01. The number of halogens is 3. The number of hydrogen-bond donors (Lipinski definition) is 1. The van der Waals surface area contributed by atoms with Crippen LogP contribution in [0.15, 0.2) is 72.8 Å². The Bertz CT molecular complexity index is 1130. The lowest BCUT2D eigenvalue weighted by molar-refractivity contribution is -0.141. The molecule has 184 valence electrons. The molecular weight excluding hydrogens is 503 g/mol. The van der Waals surface area contributed by atoms with E-state index in [9.17, 15) is 9.59 Å². The van der Waals surface area contributed by atoms with Crippen LogP contribution in [-0.4, -0.2) is 28.8 Å². The molecule has 0 aromatic heterocycles. The molecule has 0 spiro atoms. The third-order valence-corrected chi connectivity index (χ3v) is 6.85. The first kappa shape index (κ1) is 27.1. The zero-order chi connectivity index (χ0) is 25.4. The van der Waals surface area contributed by atoms with E-state index in [2.05, 4.69) is 5.32 Å². The Morgan fingerprint density at radius 3 is 2.14 bits per heavy atom. The standard InChI is InChI=1S/C28H29Cl3N2O2/c1-3-19(2)32-28(35)26(16-20-9-5-4-6-10-20)33(18-21-11-7-12-22(29)15-21)27(34)17-23-24(30)13-8-14-25(23)31/h4-15,19,26H,3,16-18H2,1-2H3,(H,32,35)/t19-,26+/m1/s1. The highest BCUT2D eigenvalue weighted by Gasteiger charge is 2.31. The van der Waals surface area contributed by atoms with Crippen LogP contribution in [0.1, 0.15) is 37.0 Å². The van der Waals surface area contributed by atoms with Gasteiger partial charge in [-0.15, -0.1) is 0 Å². The fourth-order valence-electron chi connectivity index (χ4n) is 3.78. The van der Waals surface area contributed by atoms with Gasteiger partial charge in [0, 0.05) is 34.1 Å². The number of nitrogens with zero attached hydrogens (tertiary/aromatic N) is 1. The van der Waals surface area contributed by atoms with Crippen LogP contribution in [-0.2, 0) is 29.0 Å². The second-order valence-electron chi connectivity index (χ2n) is 8.55. The summed E-state index contributed by atoms with van der Waals surface area (Å²) in [6.45, 7) is 4.17. The molecule has 0 saturated heterocycles. The van der Waals surface area contributed by atoms with Crippen molar-refractivity contribution < 1.29 is 9.59 Å². The lowest BCUT2D eigenvalue weighted by Crippen LogP contribution is -2.52. The molecule has 3 aromatic carbocycles. The molecule has 2 atom stereocenters. The van der Waals surface area contributed by atoms with Gasteiger partial charge in [-0.25, -0.2) is 0 Å². The fourth-order valence-corrected chi connectivity index (χ4v) is 4.53. The van der Waals surface area contributed by atoms with E-state index in [1.807, 2.05) is 56.3 Å². The van der Waals surface area contributed by atoms with Crippen LogP contribution in [0.3, 0.4) is 0 Å². The minimum atomic E-state index is -0.737. The van der Waals surface area contributed by atoms with Gasteiger partial charge in [-0.05, 0) is 54.3 Å². The molecule has 0 saturated carbocycles. The first-order chi connectivity index (χ1) is 16.8. The second-order valence-corrected chi connectivity index (χ2v) is 9.80. The fraction of sp³-hybridized carbons (Fsp3) is 0.286. The van der Waals surface area contributed by atoms with Gasteiger partial charge in [0.25, 0.3) is 0 Å². The topological polar surface area (TPSA) is 49.4 Å². The third-order valence-electron chi connectivity index (χ3n) is 5.90. The molecule has 4 nitrogen and oxygen atoms in total. The van der Waals surface area contributed by atoms with Crippen molar-refractivity contribution in [3.8, 4) is 0 Å². The zero-order valence-electron chi connectivity index (χ0n) is 19.8. The third kappa shape index (κ3) is 7.73. The van der Waals surface area contributed by atoms with Crippen LogP contribution >= 0.6 is 34.8 Å². The van der Waals surface area contributed by atoms with Gasteiger partial charge in [-0.3, -0.25) is 9.59 Å². The summed E-state index contributed by atoms with van der Waals surface area (Å²) >= 11 is 19.0. The Hall–Kier alpha value is -2.53. The van der Waals surface area contributed by atoms with Crippen LogP contribution in [0.5, 0.6) is 0 Å². The smallest absolute Gasteiger partial charge is 0.243 e. The molecule has 0 bridgehead atoms. The van der Waals surface area contributed by atoms with Crippen molar-refractivity contribution in [1.82, 2.24) is 10.2 Å². The predicted octanol–water partition coefficient (Wildman–Crippen LogP) is 6.74. The summed E-state index contributed by atoms with van der Waals surface area (Å²) in [5.74, 6) is -0.455. The SMILES string of the molecule is CC[C@@H](C)NC(=O)[C@H](Cc1ccccc1)N(Cc1cccc(Cl)c1)C(=O)Cc1c(Cl)cccc1Cl. The highest BCUT2D eigenvalue weighted by molar-refractivity contribution is 6.36. The van der Waals surface area contributed by atoms with E-state index >= 15 is 0 Å². The minimum Gasteiger partial charge on any atom is -0.352 e. The van der Waals surface area contributed by atoms with Gasteiger partial charge in [0.1, 0.15) is 6.04 Å². The maximum atomic E-state index is 13.8. The monoisotopic (exact) mass is 530 g/mol. The summed E-state index contributed by atoms with van der Waals surface area (Å²) in [5, 5.41) is 4.45. The van der Waals surface area contributed by atoms with E-state index in [-0.39, 0.29) is 30.8 Å². The van der Waals surface area contributed by atoms with Crippen molar-refractivity contribution in [3.05, 3.63) is 105 Å². The quantitative estimate of drug-likeness (QED) is 0.315. The largest absolute Gasteiger partial charge is 0.352 e. The van der Waals surface area contributed by atoms with Gasteiger partial charge in [-0.2, -0.15) is 0 Å². The molecule has 2 amide bonds. The lowest BCUT2D eigenvalue weighted by Gasteiger charge is -2.32. The highest BCUT2D eigenvalue weighted by Crippen LogP contribution is 2.26. The first-order valence-electron chi connectivity index (χ1n) is 11.6. The predicted molar refractivity (Wildman–Crippen MR) is 144 cm³/mol. The van der Waals surface area contributed by atoms with Crippen molar-refractivity contribution in [2.45, 2.75) is 51.7 Å². The summed E-state index contributed by atoms with van der Waals surface area (Å²) < 4.78 is 0. The number of carbonyl (C=O) groups excluding carboxylic acids is 2. The summed E-state index contributed by atoms with van der Waals surface area (Å²) in [5.41, 5.74) is 2.32. The number of amides is 2. The molecule has 3 rings (SSSR count). The summed E-state index contributed by atoms with van der Waals surface area (Å²) in [7, 11) is 0. The van der Waals surface area contributed by atoms with E-state index in [4.69, 9.17) is 34.8 Å². The Labute approximate surface area is 222 Å². The van der Waals surface area contributed by atoms with Gasteiger partial charge in [0.05, 0.1) is 6.42 Å². The zero-order valence-corrected chi connectivity index (χ0v) is 22.1. The summed E-state index contributed by atoms with van der Waals surface area (Å²) in [6, 6.07) is 21.4. The van der Waals surface area contributed by atoms with E-state index in [1.54, 1.807) is 35.2 Å². The van der Waals surface area contributed by atoms with Crippen molar-refractivity contribution >= 4 is 46.6 Å². The molecule has 3 aromatic rings. The number of hydrogen-bond acceptors (Lipinski definition) is 2. The van der Waals surface area contributed by atoms with Gasteiger partial charge < -0.3 is 10.2 Å². The summed E-state index contributed by atoms with van der Waals surface area (Å²) in [6.07, 6.45) is 1.12. The normalized spacial score (nSPS) is 12.6. The molecule has 0 radical (unpaired) electrons. The van der Waals surface area contributed by atoms with Crippen molar-refractivity contribution in [2.24, 2.45) is 0 Å². The van der Waals surface area contributed by atoms with Gasteiger partial charge >= 0.3 is 0 Å². The number of rotatable bonds is 10. The molecular formula is C28H29Cl3N2O2.